The van der Waals surface area contributed by atoms with Gasteiger partial charge in [0.2, 0.25) is 0 Å². The van der Waals surface area contributed by atoms with Crippen molar-refractivity contribution in [2.24, 2.45) is 0 Å². The van der Waals surface area contributed by atoms with E-state index in [-0.39, 0.29) is 0 Å². The Morgan fingerprint density at radius 2 is 2.00 bits per heavy atom. The number of pyridine rings is 1. The molecule has 1 aromatic heterocycles. The molecule has 0 radical (unpaired) electrons. The van der Waals surface area contributed by atoms with Gasteiger partial charge in [0.05, 0.1) is 11.2 Å². The molecule has 66 valence electrons. The molecule has 0 amide bonds. The van der Waals surface area contributed by atoms with Gasteiger partial charge in [0.1, 0.15) is 5.15 Å². The lowest BCUT2D eigenvalue weighted by atomic mass is 10.2. The van der Waals surface area contributed by atoms with E-state index in [1.165, 1.54) is 0 Å². The van der Waals surface area contributed by atoms with Gasteiger partial charge in [-0.2, -0.15) is 0 Å². The van der Waals surface area contributed by atoms with Crippen LogP contribution in [0.1, 0.15) is 0 Å². The number of nitrogens with two attached hydrogens (primary N) is 1. The van der Waals surface area contributed by atoms with Gasteiger partial charge in [0, 0.05) is 9.86 Å². The molecule has 2 aromatic rings. The van der Waals surface area contributed by atoms with Gasteiger partial charge in [-0.05, 0) is 40.2 Å². The van der Waals surface area contributed by atoms with Gasteiger partial charge < -0.3 is 5.73 Å². The zero-order chi connectivity index (χ0) is 9.42. The van der Waals surface area contributed by atoms with Crippen molar-refractivity contribution in [2.75, 3.05) is 5.73 Å². The molecule has 0 fully saturated rings. The third kappa shape index (κ3) is 1.49. The van der Waals surface area contributed by atoms with Crippen LogP contribution in [0.25, 0.3) is 10.9 Å². The van der Waals surface area contributed by atoms with Crippen LogP contribution in [-0.2, 0) is 0 Å². The molecular weight excluding hydrogens is 251 g/mol. The predicted molar refractivity (Wildman–Crippen MR) is 58.9 cm³/mol. The number of hydrogen-bond donors (Lipinski definition) is 1. The second-order valence-electron chi connectivity index (χ2n) is 2.66. The van der Waals surface area contributed by atoms with E-state index in [4.69, 9.17) is 17.3 Å². The molecule has 0 saturated carbocycles. The van der Waals surface area contributed by atoms with Crippen molar-refractivity contribution in [2.45, 2.75) is 0 Å². The van der Waals surface area contributed by atoms with Crippen LogP contribution < -0.4 is 5.73 Å². The third-order valence-corrected chi connectivity index (χ3v) is 2.73. The van der Waals surface area contributed by atoms with Crippen LogP contribution in [0, 0.1) is 0 Å². The van der Waals surface area contributed by atoms with E-state index < -0.39 is 0 Å². The van der Waals surface area contributed by atoms with Crippen LogP contribution in [0.4, 0.5) is 5.69 Å². The third-order valence-electron chi connectivity index (χ3n) is 1.83. The summed E-state index contributed by atoms with van der Waals surface area (Å²) >= 11 is 9.10. The largest absolute Gasteiger partial charge is 0.397 e. The van der Waals surface area contributed by atoms with Gasteiger partial charge >= 0.3 is 0 Å². The van der Waals surface area contributed by atoms with Crippen molar-refractivity contribution in [1.29, 1.82) is 0 Å². The highest BCUT2D eigenvalue weighted by Crippen LogP contribution is 2.28. The zero-order valence-corrected chi connectivity index (χ0v) is 8.93. The van der Waals surface area contributed by atoms with Gasteiger partial charge in [0.25, 0.3) is 0 Å². The summed E-state index contributed by atoms with van der Waals surface area (Å²) in [6.07, 6.45) is 0. The van der Waals surface area contributed by atoms with Crippen LogP contribution in [0.5, 0.6) is 0 Å². The minimum atomic E-state index is 0.481. The summed E-state index contributed by atoms with van der Waals surface area (Å²) in [4.78, 5) is 4.14. The maximum absolute atomic E-state index is 5.84. The molecule has 0 aliphatic carbocycles. The van der Waals surface area contributed by atoms with Crippen LogP contribution >= 0.6 is 27.5 Å². The fraction of sp³-hybridized carbons (Fsp3) is 0. The molecular formula is C9H6BrClN2. The highest BCUT2D eigenvalue weighted by atomic mass is 79.9. The normalized spacial score (nSPS) is 10.6. The Hall–Kier alpha value is -0.800. The van der Waals surface area contributed by atoms with Crippen LogP contribution in [0.2, 0.25) is 5.15 Å². The molecule has 0 unspecified atom stereocenters. The first-order valence-electron chi connectivity index (χ1n) is 3.69. The van der Waals surface area contributed by atoms with Gasteiger partial charge in [-0.3, -0.25) is 0 Å². The number of hydrogen-bond acceptors (Lipinski definition) is 2. The average molecular weight is 258 g/mol. The summed E-state index contributed by atoms with van der Waals surface area (Å²) in [7, 11) is 0. The number of aromatic nitrogens is 1. The van der Waals surface area contributed by atoms with E-state index in [1.807, 2.05) is 18.2 Å². The van der Waals surface area contributed by atoms with Crippen molar-refractivity contribution >= 4 is 44.1 Å². The number of nitrogens with zero attached hydrogens (tertiary/aromatic N) is 1. The molecule has 2 N–H and O–H groups in total. The minimum Gasteiger partial charge on any atom is -0.397 e. The summed E-state index contributed by atoms with van der Waals surface area (Å²) in [6.45, 7) is 0. The molecule has 2 nitrogen and oxygen atoms in total. The van der Waals surface area contributed by atoms with E-state index in [2.05, 4.69) is 20.9 Å². The van der Waals surface area contributed by atoms with Gasteiger partial charge in [-0.1, -0.05) is 11.6 Å². The summed E-state index contributed by atoms with van der Waals surface area (Å²) in [5, 5.41) is 1.40. The van der Waals surface area contributed by atoms with Crippen molar-refractivity contribution in [3.8, 4) is 0 Å². The first-order chi connectivity index (χ1) is 6.18. The van der Waals surface area contributed by atoms with E-state index in [0.29, 0.717) is 10.8 Å². The number of rotatable bonds is 0. The molecule has 2 rings (SSSR count). The van der Waals surface area contributed by atoms with Crippen LogP contribution in [0.3, 0.4) is 0 Å². The Bertz CT molecular complexity index is 470. The molecule has 1 heterocycles. The minimum absolute atomic E-state index is 0.481. The molecule has 0 aliphatic heterocycles. The number of halogens is 2. The maximum Gasteiger partial charge on any atom is 0.129 e. The summed E-state index contributed by atoms with van der Waals surface area (Å²) in [5.74, 6) is 0. The monoisotopic (exact) mass is 256 g/mol. The molecule has 0 atom stereocenters. The molecule has 0 spiro atoms. The smallest absolute Gasteiger partial charge is 0.129 e. The summed E-state index contributed by atoms with van der Waals surface area (Å²) in [5.41, 5.74) is 7.35. The number of benzene rings is 1. The topological polar surface area (TPSA) is 38.9 Å². The van der Waals surface area contributed by atoms with Gasteiger partial charge in [0.15, 0.2) is 0 Å². The van der Waals surface area contributed by atoms with Crippen molar-refractivity contribution in [3.05, 3.63) is 33.9 Å². The predicted octanol–water partition coefficient (Wildman–Crippen LogP) is 3.23. The SMILES string of the molecule is Nc1c(Br)ccc2nc(Cl)ccc12. The van der Waals surface area contributed by atoms with Crippen molar-refractivity contribution in [1.82, 2.24) is 4.98 Å². The van der Waals surface area contributed by atoms with Crippen LogP contribution in [0.15, 0.2) is 28.7 Å². The van der Waals surface area contributed by atoms with Crippen molar-refractivity contribution < 1.29 is 0 Å². The molecule has 4 heteroatoms. The lowest BCUT2D eigenvalue weighted by molar-refractivity contribution is 1.41. The van der Waals surface area contributed by atoms with E-state index in [0.717, 1.165) is 15.4 Å². The Kier molecular flexibility index (Phi) is 2.14. The number of fused-ring (bicyclic) bond motifs is 1. The Labute approximate surface area is 88.8 Å². The molecule has 0 saturated heterocycles. The zero-order valence-electron chi connectivity index (χ0n) is 6.59. The lowest BCUT2D eigenvalue weighted by Gasteiger charge is -2.03. The highest BCUT2D eigenvalue weighted by molar-refractivity contribution is 9.10. The van der Waals surface area contributed by atoms with E-state index in [1.54, 1.807) is 6.07 Å². The highest BCUT2D eigenvalue weighted by Gasteiger charge is 2.02. The van der Waals surface area contributed by atoms with E-state index in [9.17, 15) is 0 Å². The second kappa shape index (κ2) is 3.16. The Morgan fingerprint density at radius 1 is 1.23 bits per heavy atom. The maximum atomic E-state index is 5.84. The molecule has 1 aromatic carbocycles. The number of nitrogen functional groups attached to an aromatic ring is 1. The van der Waals surface area contributed by atoms with E-state index >= 15 is 0 Å². The fourth-order valence-electron chi connectivity index (χ4n) is 1.18. The lowest BCUT2D eigenvalue weighted by Crippen LogP contribution is -1.90. The molecule has 13 heavy (non-hydrogen) atoms. The molecule has 0 aliphatic rings. The molecule has 0 bridgehead atoms. The Balaban J connectivity index is 2.87. The fourth-order valence-corrected chi connectivity index (χ4v) is 1.68. The second-order valence-corrected chi connectivity index (χ2v) is 3.90. The first kappa shape index (κ1) is 8.78. The van der Waals surface area contributed by atoms with Gasteiger partial charge in [-0.25, -0.2) is 4.98 Å². The van der Waals surface area contributed by atoms with Crippen molar-refractivity contribution in [3.63, 3.8) is 0 Å². The van der Waals surface area contributed by atoms with Crippen LogP contribution in [-0.4, -0.2) is 4.98 Å². The van der Waals surface area contributed by atoms with Gasteiger partial charge in [-0.15, -0.1) is 0 Å². The summed E-state index contributed by atoms with van der Waals surface area (Å²) in [6, 6.07) is 7.33. The Morgan fingerprint density at radius 3 is 2.77 bits per heavy atom. The first-order valence-corrected chi connectivity index (χ1v) is 4.86. The summed E-state index contributed by atoms with van der Waals surface area (Å²) < 4.78 is 0.879. The average Bonchev–Trinajstić information content (AvgIpc) is 2.12. The number of anilines is 1. The standard InChI is InChI=1S/C9H6BrClN2/c10-6-2-3-7-5(9(6)12)1-4-8(11)13-7/h1-4H,12H2. The quantitative estimate of drug-likeness (QED) is 0.581.